The maximum atomic E-state index is 13.4. The number of carbonyl (C=O) groups excluding carboxylic acids is 1. The van der Waals surface area contributed by atoms with Crippen molar-refractivity contribution in [2.45, 2.75) is 0 Å². The quantitative estimate of drug-likeness (QED) is 0.649. The molecule has 0 aliphatic carbocycles. The van der Waals surface area contributed by atoms with Gasteiger partial charge in [-0.25, -0.2) is 8.78 Å². The maximum Gasteiger partial charge on any atom is 0.282 e. The number of ether oxygens (including phenoxy) is 1. The van der Waals surface area contributed by atoms with Gasteiger partial charge in [-0.05, 0) is 41.8 Å². The molecule has 1 aromatic heterocycles. The van der Waals surface area contributed by atoms with Crippen molar-refractivity contribution in [3.05, 3.63) is 59.0 Å². The number of carbonyl (C=O) groups is 1. The lowest BCUT2D eigenvalue weighted by atomic mass is 10.2. The molecule has 0 bridgehead atoms. The van der Waals surface area contributed by atoms with Gasteiger partial charge in [0.2, 0.25) is 0 Å². The molecule has 4 nitrogen and oxygen atoms in total. The fraction of sp³-hybridized carbons (Fsp3) is 0.167. The average molecular weight is 362 g/mol. The number of methoxy groups -OCH3 is 1. The van der Waals surface area contributed by atoms with Crippen LogP contribution in [0.15, 0.2) is 42.5 Å². The van der Waals surface area contributed by atoms with Crippen LogP contribution in [-0.2, 0) is 0 Å². The zero-order valence-corrected chi connectivity index (χ0v) is 14.7. The van der Waals surface area contributed by atoms with Crippen LogP contribution in [0, 0.1) is 11.6 Å². The van der Waals surface area contributed by atoms with E-state index >= 15 is 0 Å². The Labute approximate surface area is 147 Å². The van der Waals surface area contributed by atoms with Crippen LogP contribution in [0.5, 0.6) is 5.75 Å². The molecule has 3 aromatic rings. The highest BCUT2D eigenvalue weighted by Crippen LogP contribution is 2.30. The highest BCUT2D eigenvalue weighted by molar-refractivity contribution is 7.20. The lowest BCUT2D eigenvalue weighted by Crippen LogP contribution is -2.41. The van der Waals surface area contributed by atoms with E-state index in [4.69, 9.17) is 4.74 Å². The number of nitrogens with zero attached hydrogens (tertiary/aromatic N) is 2. The van der Waals surface area contributed by atoms with E-state index in [0.717, 1.165) is 16.2 Å². The summed E-state index contributed by atoms with van der Waals surface area (Å²) in [6, 6.07) is 10.5. The number of anilines is 1. The summed E-state index contributed by atoms with van der Waals surface area (Å²) in [5.41, 5.74) is 0.246. The van der Waals surface area contributed by atoms with Crippen molar-refractivity contribution < 1.29 is 18.3 Å². The number of fused-ring (bicyclic) bond motifs is 1. The van der Waals surface area contributed by atoms with E-state index in [1.165, 1.54) is 33.5 Å². The summed E-state index contributed by atoms with van der Waals surface area (Å²) in [5.74, 6) is -0.953. The van der Waals surface area contributed by atoms with Crippen LogP contribution < -0.4 is 9.75 Å². The Morgan fingerprint density at radius 3 is 2.36 bits per heavy atom. The molecule has 130 valence electrons. The lowest BCUT2D eigenvalue weighted by Gasteiger charge is -2.29. The van der Waals surface area contributed by atoms with Gasteiger partial charge in [-0.15, -0.1) is 11.3 Å². The van der Waals surface area contributed by atoms with Crippen molar-refractivity contribution in [1.29, 1.82) is 0 Å². The van der Waals surface area contributed by atoms with Gasteiger partial charge < -0.3 is 4.74 Å². The van der Waals surface area contributed by atoms with Crippen LogP contribution in [0.2, 0.25) is 0 Å². The Kier molecular flexibility index (Phi) is 4.59. The topological polar surface area (TPSA) is 32.8 Å². The number of amides is 1. The number of hydrogen-bond donors (Lipinski definition) is 0. The summed E-state index contributed by atoms with van der Waals surface area (Å²) in [4.78, 5) is 13.3. The molecule has 0 saturated heterocycles. The van der Waals surface area contributed by atoms with Gasteiger partial charge in [0.25, 0.3) is 5.91 Å². The van der Waals surface area contributed by atoms with Gasteiger partial charge >= 0.3 is 0 Å². The molecular formula is C18H16F2N2O2S. The van der Waals surface area contributed by atoms with Gasteiger partial charge in [0.05, 0.1) is 17.7 Å². The summed E-state index contributed by atoms with van der Waals surface area (Å²) in [6.07, 6.45) is 0. The molecule has 0 aliphatic heterocycles. The second kappa shape index (κ2) is 6.68. The molecule has 7 heteroatoms. The van der Waals surface area contributed by atoms with Gasteiger partial charge in [-0.3, -0.25) is 14.8 Å². The molecule has 0 N–H and O–H groups in total. The van der Waals surface area contributed by atoms with Crippen LogP contribution in [0.25, 0.3) is 10.1 Å². The predicted molar refractivity (Wildman–Crippen MR) is 95.2 cm³/mol. The number of rotatable bonds is 4. The molecule has 0 aliphatic rings. The van der Waals surface area contributed by atoms with E-state index < -0.39 is 11.6 Å². The molecular weight excluding hydrogens is 346 g/mol. The third kappa shape index (κ3) is 3.41. The van der Waals surface area contributed by atoms with E-state index in [1.807, 2.05) is 18.2 Å². The first kappa shape index (κ1) is 17.2. The van der Waals surface area contributed by atoms with Crippen molar-refractivity contribution in [1.82, 2.24) is 5.01 Å². The molecule has 0 radical (unpaired) electrons. The largest absolute Gasteiger partial charge is 0.497 e. The summed E-state index contributed by atoms with van der Waals surface area (Å²) in [6.45, 7) is 0. The first-order valence-electron chi connectivity index (χ1n) is 7.44. The molecule has 25 heavy (non-hydrogen) atoms. The van der Waals surface area contributed by atoms with Gasteiger partial charge in [0.15, 0.2) is 0 Å². The van der Waals surface area contributed by atoms with E-state index in [1.54, 1.807) is 27.3 Å². The van der Waals surface area contributed by atoms with Crippen LogP contribution >= 0.6 is 11.3 Å². The van der Waals surface area contributed by atoms with Crippen LogP contribution in [0.4, 0.5) is 14.5 Å². The minimum atomic E-state index is -0.698. The number of hydrogen-bond acceptors (Lipinski definition) is 4. The van der Waals surface area contributed by atoms with Crippen LogP contribution in [0.3, 0.4) is 0 Å². The third-order valence-electron chi connectivity index (χ3n) is 3.90. The normalized spacial score (nSPS) is 10.8. The Balaban J connectivity index is 1.88. The van der Waals surface area contributed by atoms with Gasteiger partial charge in [0.1, 0.15) is 17.4 Å². The first-order valence-corrected chi connectivity index (χ1v) is 8.26. The SMILES string of the molecule is COc1ccc2sc(C(=O)N(C)N(C)c3cc(F)cc(F)c3)cc2c1. The molecule has 1 heterocycles. The van der Waals surface area contributed by atoms with Gasteiger partial charge in [-0.2, -0.15) is 0 Å². The van der Waals surface area contributed by atoms with Crippen molar-refractivity contribution in [3.63, 3.8) is 0 Å². The third-order valence-corrected chi connectivity index (χ3v) is 5.00. The van der Waals surface area contributed by atoms with Crippen molar-refractivity contribution in [2.24, 2.45) is 0 Å². The Bertz CT molecular complexity index is 922. The molecule has 0 spiro atoms. The summed E-state index contributed by atoms with van der Waals surface area (Å²) >= 11 is 1.35. The summed E-state index contributed by atoms with van der Waals surface area (Å²) in [7, 11) is 4.71. The maximum absolute atomic E-state index is 13.4. The Morgan fingerprint density at radius 2 is 1.72 bits per heavy atom. The average Bonchev–Trinajstić information content (AvgIpc) is 3.01. The first-order chi connectivity index (χ1) is 11.9. The van der Waals surface area contributed by atoms with E-state index in [9.17, 15) is 13.6 Å². The van der Waals surface area contributed by atoms with E-state index in [2.05, 4.69) is 0 Å². The van der Waals surface area contributed by atoms with Crippen LogP contribution in [0.1, 0.15) is 9.67 Å². The molecule has 1 amide bonds. The lowest BCUT2D eigenvalue weighted by molar-refractivity contribution is 0.0791. The Hall–Kier alpha value is -2.67. The zero-order valence-electron chi connectivity index (χ0n) is 13.9. The molecule has 0 fully saturated rings. The van der Waals surface area contributed by atoms with Crippen LogP contribution in [-0.4, -0.2) is 32.1 Å². The minimum Gasteiger partial charge on any atom is -0.497 e. The highest BCUT2D eigenvalue weighted by atomic mass is 32.1. The molecule has 0 unspecified atom stereocenters. The van der Waals surface area contributed by atoms with Crippen molar-refractivity contribution in [3.8, 4) is 5.75 Å². The van der Waals surface area contributed by atoms with E-state index in [0.29, 0.717) is 10.6 Å². The molecule has 2 aromatic carbocycles. The fourth-order valence-electron chi connectivity index (χ4n) is 2.45. The monoisotopic (exact) mass is 362 g/mol. The minimum absolute atomic E-state index is 0.246. The van der Waals surface area contributed by atoms with Gasteiger partial charge in [-0.1, -0.05) is 0 Å². The second-order valence-corrected chi connectivity index (χ2v) is 6.58. The molecule has 0 atom stereocenters. The van der Waals surface area contributed by atoms with Gasteiger partial charge in [0, 0.05) is 24.9 Å². The predicted octanol–water partition coefficient (Wildman–Crippen LogP) is 4.31. The molecule has 0 saturated carbocycles. The Morgan fingerprint density at radius 1 is 1.04 bits per heavy atom. The zero-order chi connectivity index (χ0) is 18.1. The van der Waals surface area contributed by atoms with Crippen molar-refractivity contribution >= 4 is 33.0 Å². The van der Waals surface area contributed by atoms with Crippen molar-refractivity contribution in [2.75, 3.05) is 26.2 Å². The number of hydrazine groups is 1. The highest BCUT2D eigenvalue weighted by Gasteiger charge is 2.20. The smallest absolute Gasteiger partial charge is 0.282 e. The van der Waals surface area contributed by atoms with E-state index in [-0.39, 0.29) is 11.6 Å². The number of halogens is 2. The molecule has 3 rings (SSSR count). The number of benzene rings is 2. The second-order valence-electron chi connectivity index (χ2n) is 5.49. The number of thiophene rings is 1. The standard InChI is InChI=1S/C18H16F2N2O2S/c1-21(14-9-12(19)8-13(20)10-14)22(2)18(23)17-7-11-6-15(24-3)4-5-16(11)25-17/h4-10H,1-3H3. The fourth-order valence-corrected chi connectivity index (χ4v) is 3.46. The summed E-state index contributed by atoms with van der Waals surface area (Å²) in [5, 5.41) is 3.62. The summed E-state index contributed by atoms with van der Waals surface area (Å²) < 4.78 is 33.0.